The zero-order valence-electron chi connectivity index (χ0n) is 14.2. The highest BCUT2D eigenvalue weighted by molar-refractivity contribution is 5.40. The van der Waals surface area contributed by atoms with E-state index in [0.717, 1.165) is 43.7 Å². The second-order valence-electron chi connectivity index (χ2n) is 6.99. The minimum absolute atomic E-state index is 0.764. The Labute approximate surface area is 143 Å². The second-order valence-corrected chi connectivity index (χ2v) is 6.99. The van der Waals surface area contributed by atoms with Crippen LogP contribution >= 0.6 is 0 Å². The Kier molecular flexibility index (Phi) is 4.74. The summed E-state index contributed by atoms with van der Waals surface area (Å²) in [5.74, 6) is 2.67. The van der Waals surface area contributed by atoms with Gasteiger partial charge in [0.25, 0.3) is 0 Å². The van der Waals surface area contributed by atoms with Crippen LogP contribution in [0.25, 0.3) is 5.82 Å². The summed E-state index contributed by atoms with van der Waals surface area (Å²) in [7, 11) is 0. The molecule has 0 atom stereocenters. The number of rotatable bonds is 4. The molecule has 0 unspecified atom stereocenters. The van der Waals surface area contributed by atoms with Gasteiger partial charge in [0.05, 0.1) is 0 Å². The van der Waals surface area contributed by atoms with Crippen molar-refractivity contribution in [1.29, 1.82) is 0 Å². The molecule has 0 N–H and O–H groups in total. The fourth-order valence-corrected chi connectivity index (χ4v) is 3.91. The maximum absolute atomic E-state index is 4.40. The van der Waals surface area contributed by atoms with Gasteiger partial charge in [-0.3, -0.25) is 4.90 Å². The van der Waals surface area contributed by atoms with E-state index in [1.54, 1.807) is 10.9 Å². The summed E-state index contributed by atoms with van der Waals surface area (Å²) >= 11 is 0. The molecule has 1 aliphatic heterocycles. The first-order valence-electron chi connectivity index (χ1n) is 9.19. The fourth-order valence-electron chi connectivity index (χ4n) is 3.91. The number of anilines is 1. The molecule has 0 spiro atoms. The monoisotopic (exact) mass is 326 g/mol. The molecule has 2 aromatic rings. The van der Waals surface area contributed by atoms with E-state index in [4.69, 9.17) is 0 Å². The lowest BCUT2D eigenvalue weighted by Crippen LogP contribution is -2.48. The van der Waals surface area contributed by atoms with Crippen LogP contribution < -0.4 is 4.90 Å². The lowest BCUT2D eigenvalue weighted by Gasteiger charge is -2.37. The van der Waals surface area contributed by atoms with Crippen LogP contribution in [0.5, 0.6) is 0 Å². The average Bonchev–Trinajstić information content (AvgIpc) is 3.18. The molecule has 6 heteroatoms. The van der Waals surface area contributed by atoms with Gasteiger partial charge in [-0.2, -0.15) is 5.10 Å². The lowest BCUT2D eigenvalue weighted by atomic mass is 9.89. The van der Waals surface area contributed by atoms with E-state index in [1.165, 1.54) is 38.6 Å². The van der Waals surface area contributed by atoms with Crippen molar-refractivity contribution in [2.24, 2.45) is 5.92 Å². The summed E-state index contributed by atoms with van der Waals surface area (Å²) in [6, 6.07) is 5.94. The first kappa shape index (κ1) is 15.6. The van der Waals surface area contributed by atoms with Crippen LogP contribution in [0.1, 0.15) is 32.1 Å². The fraction of sp³-hybridized carbons (Fsp3) is 0.611. The maximum Gasteiger partial charge on any atom is 0.175 e. The molecule has 2 aromatic heterocycles. The lowest BCUT2D eigenvalue weighted by molar-refractivity contribution is 0.191. The topological polar surface area (TPSA) is 50.1 Å². The summed E-state index contributed by atoms with van der Waals surface area (Å²) in [6.07, 6.45) is 10.8. The molecule has 6 nitrogen and oxygen atoms in total. The standard InChI is InChI=1S/C18H26N6/c1-2-5-16(6-3-1)15-22-11-13-23(14-12-22)17-7-8-18(21-20-17)24-10-4-9-19-24/h4,7-10,16H,1-3,5-6,11-15H2. The van der Waals surface area contributed by atoms with E-state index >= 15 is 0 Å². The van der Waals surface area contributed by atoms with Gasteiger partial charge < -0.3 is 4.90 Å². The number of nitrogens with zero attached hydrogens (tertiary/aromatic N) is 6. The minimum Gasteiger partial charge on any atom is -0.353 e. The van der Waals surface area contributed by atoms with Crippen LogP contribution in [-0.4, -0.2) is 57.6 Å². The van der Waals surface area contributed by atoms with Crippen molar-refractivity contribution in [2.45, 2.75) is 32.1 Å². The van der Waals surface area contributed by atoms with E-state index in [1.807, 2.05) is 18.3 Å². The highest BCUT2D eigenvalue weighted by Crippen LogP contribution is 2.25. The van der Waals surface area contributed by atoms with E-state index in [9.17, 15) is 0 Å². The molecule has 0 aromatic carbocycles. The molecule has 2 aliphatic rings. The van der Waals surface area contributed by atoms with Gasteiger partial charge in [-0.25, -0.2) is 4.68 Å². The van der Waals surface area contributed by atoms with Crippen molar-refractivity contribution >= 4 is 5.82 Å². The zero-order valence-corrected chi connectivity index (χ0v) is 14.2. The van der Waals surface area contributed by atoms with Crippen LogP contribution in [0.4, 0.5) is 5.82 Å². The van der Waals surface area contributed by atoms with Gasteiger partial charge >= 0.3 is 0 Å². The number of hydrogen-bond acceptors (Lipinski definition) is 5. The second kappa shape index (κ2) is 7.30. The molecule has 24 heavy (non-hydrogen) atoms. The van der Waals surface area contributed by atoms with Crippen molar-refractivity contribution in [1.82, 2.24) is 24.9 Å². The van der Waals surface area contributed by atoms with Crippen molar-refractivity contribution in [3.8, 4) is 5.82 Å². The van der Waals surface area contributed by atoms with Crippen LogP contribution in [0, 0.1) is 5.92 Å². The predicted molar refractivity (Wildman–Crippen MR) is 94.4 cm³/mol. The Balaban J connectivity index is 1.30. The highest BCUT2D eigenvalue weighted by atomic mass is 15.4. The SMILES string of the molecule is c1cnn(-c2ccc(N3CCN(CC4CCCCC4)CC3)nn2)c1. The molecule has 128 valence electrons. The van der Waals surface area contributed by atoms with Gasteiger partial charge in [0, 0.05) is 45.1 Å². The first-order valence-corrected chi connectivity index (χ1v) is 9.19. The Morgan fingerprint density at radius 3 is 2.33 bits per heavy atom. The minimum atomic E-state index is 0.764. The highest BCUT2D eigenvalue weighted by Gasteiger charge is 2.22. The van der Waals surface area contributed by atoms with Crippen LogP contribution in [0.3, 0.4) is 0 Å². The Bertz CT molecular complexity index is 609. The normalized spacial score (nSPS) is 20.4. The average molecular weight is 326 g/mol. The summed E-state index contributed by atoms with van der Waals surface area (Å²) in [5, 5.41) is 12.9. The number of aromatic nitrogens is 4. The van der Waals surface area contributed by atoms with E-state index < -0.39 is 0 Å². The Hall–Kier alpha value is -1.95. The molecule has 3 heterocycles. The quantitative estimate of drug-likeness (QED) is 0.863. The molecule has 0 amide bonds. The van der Waals surface area contributed by atoms with Gasteiger partial charge in [-0.1, -0.05) is 19.3 Å². The molecule has 0 bridgehead atoms. The number of hydrogen-bond donors (Lipinski definition) is 0. The molecule has 1 aliphatic carbocycles. The molecule has 1 saturated carbocycles. The van der Waals surface area contributed by atoms with Gasteiger partial charge in [0.1, 0.15) is 0 Å². The smallest absolute Gasteiger partial charge is 0.175 e. The maximum atomic E-state index is 4.40. The van der Waals surface area contributed by atoms with Gasteiger partial charge in [0.2, 0.25) is 0 Å². The van der Waals surface area contributed by atoms with Gasteiger partial charge in [-0.05, 0) is 37.0 Å². The van der Waals surface area contributed by atoms with Gasteiger partial charge in [0.15, 0.2) is 11.6 Å². The van der Waals surface area contributed by atoms with Crippen LogP contribution in [0.15, 0.2) is 30.6 Å². The summed E-state index contributed by atoms with van der Waals surface area (Å²) in [5.41, 5.74) is 0. The largest absolute Gasteiger partial charge is 0.353 e. The van der Waals surface area contributed by atoms with Crippen LogP contribution in [-0.2, 0) is 0 Å². The third kappa shape index (κ3) is 3.59. The molecule has 2 fully saturated rings. The summed E-state index contributed by atoms with van der Waals surface area (Å²) in [6.45, 7) is 5.65. The van der Waals surface area contributed by atoms with Crippen molar-refractivity contribution in [2.75, 3.05) is 37.6 Å². The first-order chi connectivity index (χ1) is 11.9. The molecule has 0 radical (unpaired) electrons. The van der Waals surface area contributed by atoms with Crippen molar-refractivity contribution in [3.63, 3.8) is 0 Å². The van der Waals surface area contributed by atoms with E-state index in [0.29, 0.717) is 0 Å². The Morgan fingerprint density at radius 1 is 0.917 bits per heavy atom. The van der Waals surface area contributed by atoms with Crippen LogP contribution in [0.2, 0.25) is 0 Å². The van der Waals surface area contributed by atoms with E-state index in [2.05, 4.69) is 31.2 Å². The molecular formula is C18H26N6. The molecular weight excluding hydrogens is 300 g/mol. The van der Waals surface area contributed by atoms with Crippen molar-refractivity contribution < 1.29 is 0 Å². The predicted octanol–water partition coefficient (Wildman–Crippen LogP) is 2.36. The summed E-state index contributed by atoms with van der Waals surface area (Å²) < 4.78 is 1.74. The third-order valence-electron chi connectivity index (χ3n) is 5.31. The zero-order chi connectivity index (χ0) is 16.2. The van der Waals surface area contributed by atoms with E-state index in [-0.39, 0.29) is 0 Å². The molecule has 4 rings (SSSR count). The number of piperazine rings is 1. The third-order valence-corrected chi connectivity index (χ3v) is 5.31. The molecule has 1 saturated heterocycles. The summed E-state index contributed by atoms with van der Waals surface area (Å²) in [4.78, 5) is 4.98. The Morgan fingerprint density at radius 2 is 1.67 bits per heavy atom. The van der Waals surface area contributed by atoms with Gasteiger partial charge in [-0.15, -0.1) is 10.2 Å². The van der Waals surface area contributed by atoms with Crippen molar-refractivity contribution in [3.05, 3.63) is 30.6 Å².